The molecular formula is C26H27N3O4. The molecule has 0 radical (unpaired) electrons. The van der Waals surface area contributed by atoms with E-state index in [9.17, 15) is 9.59 Å². The van der Waals surface area contributed by atoms with Gasteiger partial charge in [0.25, 0.3) is 5.91 Å². The van der Waals surface area contributed by atoms with Crippen molar-refractivity contribution in [3.8, 4) is 11.5 Å². The standard InChI is InChI=1S/C26H27N3O4/c1-17-5-4-6-20(11-17)25(30)29-10-9-19-8-7-18(12-24(19)29)16-27-26(31)28-21-13-22(32-2)15-23(14-21)33-3/h4-8,11-15H,9-10,16H2,1-3H3,(H2,27,28,31). The van der Waals surface area contributed by atoms with Gasteiger partial charge in [-0.25, -0.2) is 4.79 Å². The van der Waals surface area contributed by atoms with Gasteiger partial charge in [0, 0.05) is 48.2 Å². The smallest absolute Gasteiger partial charge is 0.319 e. The number of rotatable bonds is 6. The molecule has 4 rings (SSSR count). The quantitative estimate of drug-likeness (QED) is 0.584. The van der Waals surface area contributed by atoms with Crippen LogP contribution in [-0.2, 0) is 13.0 Å². The van der Waals surface area contributed by atoms with Crippen molar-refractivity contribution < 1.29 is 19.1 Å². The molecule has 0 saturated carbocycles. The molecule has 0 aliphatic carbocycles. The van der Waals surface area contributed by atoms with E-state index in [4.69, 9.17) is 9.47 Å². The minimum absolute atomic E-state index is 0.00715. The lowest BCUT2D eigenvalue weighted by molar-refractivity contribution is 0.0989. The van der Waals surface area contributed by atoms with E-state index in [-0.39, 0.29) is 11.9 Å². The molecule has 0 fully saturated rings. The molecule has 1 aliphatic rings. The van der Waals surface area contributed by atoms with Crippen LogP contribution in [0.4, 0.5) is 16.2 Å². The first-order valence-electron chi connectivity index (χ1n) is 10.7. The predicted octanol–water partition coefficient (Wildman–Crippen LogP) is 4.54. The van der Waals surface area contributed by atoms with Crippen molar-refractivity contribution in [3.05, 3.63) is 82.9 Å². The molecule has 2 N–H and O–H groups in total. The molecule has 0 saturated heterocycles. The summed E-state index contributed by atoms with van der Waals surface area (Å²) in [6.45, 7) is 2.95. The first-order valence-corrected chi connectivity index (χ1v) is 10.7. The Labute approximate surface area is 193 Å². The van der Waals surface area contributed by atoms with E-state index < -0.39 is 0 Å². The zero-order valence-corrected chi connectivity index (χ0v) is 19.0. The molecule has 1 aliphatic heterocycles. The van der Waals surface area contributed by atoms with Crippen LogP contribution in [0.15, 0.2) is 60.7 Å². The minimum Gasteiger partial charge on any atom is -0.497 e. The number of urea groups is 1. The number of aryl methyl sites for hydroxylation is 1. The lowest BCUT2D eigenvalue weighted by atomic mass is 10.1. The maximum Gasteiger partial charge on any atom is 0.319 e. The Balaban J connectivity index is 1.43. The average molecular weight is 446 g/mol. The van der Waals surface area contributed by atoms with Gasteiger partial charge in [0.15, 0.2) is 0 Å². The maximum atomic E-state index is 13.1. The Morgan fingerprint density at radius 1 is 0.970 bits per heavy atom. The van der Waals surface area contributed by atoms with Crippen LogP contribution in [0.25, 0.3) is 0 Å². The van der Waals surface area contributed by atoms with Crippen molar-refractivity contribution in [2.45, 2.75) is 19.9 Å². The molecule has 0 unspecified atom stereocenters. The molecule has 3 aromatic rings. The largest absolute Gasteiger partial charge is 0.497 e. The molecule has 33 heavy (non-hydrogen) atoms. The highest BCUT2D eigenvalue weighted by Crippen LogP contribution is 2.31. The summed E-state index contributed by atoms with van der Waals surface area (Å²) in [6, 6.07) is 18.4. The van der Waals surface area contributed by atoms with Crippen molar-refractivity contribution in [2.24, 2.45) is 0 Å². The van der Waals surface area contributed by atoms with E-state index in [0.717, 1.165) is 28.8 Å². The molecule has 0 atom stereocenters. The Morgan fingerprint density at radius 3 is 2.42 bits per heavy atom. The van der Waals surface area contributed by atoms with E-state index >= 15 is 0 Å². The van der Waals surface area contributed by atoms with E-state index in [0.29, 0.717) is 35.8 Å². The van der Waals surface area contributed by atoms with Gasteiger partial charge in [0.2, 0.25) is 0 Å². The first-order chi connectivity index (χ1) is 16.0. The number of ether oxygens (including phenoxy) is 2. The number of nitrogens with one attached hydrogen (secondary N) is 2. The monoisotopic (exact) mass is 445 g/mol. The summed E-state index contributed by atoms with van der Waals surface area (Å²) in [5.41, 5.74) is 5.24. The van der Waals surface area contributed by atoms with Crippen LogP contribution in [-0.4, -0.2) is 32.7 Å². The minimum atomic E-state index is -0.349. The predicted molar refractivity (Wildman–Crippen MR) is 128 cm³/mol. The van der Waals surface area contributed by atoms with E-state index in [1.807, 2.05) is 54.3 Å². The Morgan fingerprint density at radius 2 is 1.73 bits per heavy atom. The second kappa shape index (κ2) is 9.65. The van der Waals surface area contributed by atoms with Crippen molar-refractivity contribution in [2.75, 3.05) is 31.0 Å². The normalized spacial score (nSPS) is 12.2. The molecule has 0 aromatic heterocycles. The average Bonchev–Trinajstić information content (AvgIpc) is 3.25. The lowest BCUT2D eigenvalue weighted by Gasteiger charge is -2.18. The van der Waals surface area contributed by atoms with Crippen molar-refractivity contribution >= 4 is 23.3 Å². The zero-order valence-electron chi connectivity index (χ0n) is 19.0. The number of nitrogens with zero attached hydrogens (tertiary/aromatic N) is 1. The van der Waals surface area contributed by atoms with Crippen LogP contribution in [0.3, 0.4) is 0 Å². The summed E-state index contributed by atoms with van der Waals surface area (Å²) in [7, 11) is 3.11. The molecule has 3 amide bonds. The van der Waals surface area contributed by atoms with Gasteiger partial charge < -0.3 is 25.0 Å². The second-order valence-corrected chi connectivity index (χ2v) is 7.95. The highest BCUT2D eigenvalue weighted by Gasteiger charge is 2.26. The third-order valence-corrected chi connectivity index (χ3v) is 5.62. The molecule has 7 heteroatoms. The summed E-state index contributed by atoms with van der Waals surface area (Å²) in [4.78, 5) is 27.3. The van der Waals surface area contributed by atoms with Gasteiger partial charge in [-0.05, 0) is 42.7 Å². The number of carbonyl (C=O) groups is 2. The number of carbonyl (C=O) groups excluding carboxylic acids is 2. The lowest BCUT2D eigenvalue weighted by Crippen LogP contribution is -2.29. The summed E-state index contributed by atoms with van der Waals surface area (Å²) < 4.78 is 10.5. The van der Waals surface area contributed by atoms with Gasteiger partial charge in [-0.2, -0.15) is 0 Å². The summed E-state index contributed by atoms with van der Waals surface area (Å²) in [6.07, 6.45) is 0.818. The Hall–Kier alpha value is -4.00. The molecule has 1 heterocycles. The molecule has 0 spiro atoms. The topological polar surface area (TPSA) is 79.9 Å². The number of amides is 3. The van der Waals surface area contributed by atoms with E-state index in [1.54, 1.807) is 32.4 Å². The van der Waals surface area contributed by atoms with Crippen LogP contribution < -0.4 is 25.0 Å². The molecule has 3 aromatic carbocycles. The van der Waals surface area contributed by atoms with Gasteiger partial charge in [0.05, 0.1) is 14.2 Å². The summed E-state index contributed by atoms with van der Waals surface area (Å²) in [5, 5.41) is 5.65. The molecular weight excluding hydrogens is 418 g/mol. The third kappa shape index (κ3) is 5.09. The Bertz CT molecular complexity index is 1170. The second-order valence-electron chi connectivity index (χ2n) is 7.95. The molecule has 0 bridgehead atoms. The van der Waals surface area contributed by atoms with Crippen molar-refractivity contribution in [1.29, 1.82) is 0 Å². The number of anilines is 2. The van der Waals surface area contributed by atoms with E-state index in [2.05, 4.69) is 10.6 Å². The highest BCUT2D eigenvalue weighted by atomic mass is 16.5. The van der Waals surface area contributed by atoms with E-state index in [1.165, 1.54) is 0 Å². The SMILES string of the molecule is COc1cc(NC(=O)NCc2ccc3c(c2)N(C(=O)c2cccc(C)c2)CC3)cc(OC)c1. The summed E-state index contributed by atoms with van der Waals surface area (Å²) >= 11 is 0. The van der Waals surface area contributed by atoms with Gasteiger partial charge in [-0.15, -0.1) is 0 Å². The molecule has 170 valence electrons. The fraction of sp³-hybridized carbons (Fsp3) is 0.231. The Kier molecular flexibility index (Phi) is 6.49. The van der Waals surface area contributed by atoms with Crippen LogP contribution in [0.2, 0.25) is 0 Å². The number of hydrogen-bond acceptors (Lipinski definition) is 4. The maximum absolute atomic E-state index is 13.1. The first kappa shape index (κ1) is 22.2. The van der Waals surface area contributed by atoms with Crippen LogP contribution >= 0.6 is 0 Å². The van der Waals surface area contributed by atoms with Gasteiger partial charge in [-0.1, -0.05) is 29.8 Å². The van der Waals surface area contributed by atoms with Gasteiger partial charge in [0.1, 0.15) is 11.5 Å². The van der Waals surface area contributed by atoms with Gasteiger partial charge >= 0.3 is 6.03 Å². The van der Waals surface area contributed by atoms with Crippen LogP contribution in [0, 0.1) is 6.92 Å². The molecule has 7 nitrogen and oxygen atoms in total. The van der Waals surface area contributed by atoms with Crippen molar-refractivity contribution in [3.63, 3.8) is 0 Å². The number of fused-ring (bicyclic) bond motifs is 1. The fourth-order valence-corrected chi connectivity index (χ4v) is 3.92. The number of hydrogen-bond donors (Lipinski definition) is 2. The summed E-state index contributed by atoms with van der Waals surface area (Å²) in [5.74, 6) is 1.16. The third-order valence-electron chi connectivity index (χ3n) is 5.62. The number of benzene rings is 3. The zero-order chi connectivity index (χ0) is 23.4. The fourth-order valence-electron chi connectivity index (χ4n) is 3.92. The number of methoxy groups -OCH3 is 2. The van der Waals surface area contributed by atoms with Crippen LogP contribution in [0.1, 0.15) is 27.0 Å². The highest BCUT2D eigenvalue weighted by molar-refractivity contribution is 6.07. The van der Waals surface area contributed by atoms with Crippen molar-refractivity contribution in [1.82, 2.24) is 5.32 Å². The van der Waals surface area contributed by atoms with Gasteiger partial charge in [-0.3, -0.25) is 4.79 Å². The van der Waals surface area contributed by atoms with Crippen LogP contribution in [0.5, 0.6) is 11.5 Å².